The molecular formula is C14H18N2O3. The van der Waals surface area contributed by atoms with E-state index in [0.29, 0.717) is 17.8 Å². The van der Waals surface area contributed by atoms with E-state index in [2.05, 4.69) is 17.6 Å². The summed E-state index contributed by atoms with van der Waals surface area (Å²) in [7, 11) is 0. The second-order valence-electron chi connectivity index (χ2n) is 5.35. The van der Waals surface area contributed by atoms with Crippen LogP contribution in [0.2, 0.25) is 0 Å². The van der Waals surface area contributed by atoms with E-state index in [4.69, 9.17) is 5.11 Å². The van der Waals surface area contributed by atoms with Gasteiger partial charge in [-0.2, -0.15) is 0 Å². The van der Waals surface area contributed by atoms with Crippen LogP contribution in [0.5, 0.6) is 0 Å². The number of rotatable bonds is 5. The van der Waals surface area contributed by atoms with Gasteiger partial charge in [-0.25, -0.2) is 4.79 Å². The van der Waals surface area contributed by atoms with Crippen LogP contribution in [0.15, 0.2) is 24.3 Å². The highest BCUT2D eigenvalue weighted by Gasteiger charge is 2.37. The average molecular weight is 262 g/mol. The molecule has 19 heavy (non-hydrogen) atoms. The number of amides is 2. The molecule has 102 valence electrons. The van der Waals surface area contributed by atoms with Gasteiger partial charge in [0.2, 0.25) is 0 Å². The van der Waals surface area contributed by atoms with E-state index in [-0.39, 0.29) is 17.9 Å². The summed E-state index contributed by atoms with van der Waals surface area (Å²) in [5.74, 6) is -0.917. The van der Waals surface area contributed by atoms with Gasteiger partial charge in [-0.15, -0.1) is 0 Å². The first-order valence-corrected chi connectivity index (χ1v) is 6.33. The molecule has 0 heterocycles. The number of aliphatic carboxylic acids is 1. The molecule has 1 aromatic carbocycles. The second-order valence-corrected chi connectivity index (χ2v) is 5.35. The summed E-state index contributed by atoms with van der Waals surface area (Å²) >= 11 is 0. The number of hydrogen-bond donors (Lipinski definition) is 3. The Morgan fingerprint density at radius 2 is 2.00 bits per heavy atom. The third-order valence-electron chi connectivity index (χ3n) is 3.39. The number of nitrogens with one attached hydrogen (secondary N) is 2. The molecule has 5 nitrogen and oxygen atoms in total. The SMILES string of the molecule is CC1(CNC(=O)Nc2ccccc2CC(=O)O)CC1. The van der Waals surface area contributed by atoms with Gasteiger partial charge in [-0.3, -0.25) is 4.79 Å². The lowest BCUT2D eigenvalue weighted by atomic mass is 10.1. The van der Waals surface area contributed by atoms with E-state index in [0.717, 1.165) is 12.8 Å². The molecule has 1 aromatic rings. The number of urea groups is 1. The fraction of sp³-hybridized carbons (Fsp3) is 0.429. The first-order valence-electron chi connectivity index (χ1n) is 6.33. The van der Waals surface area contributed by atoms with E-state index < -0.39 is 5.97 Å². The second kappa shape index (κ2) is 5.30. The van der Waals surface area contributed by atoms with Crippen molar-refractivity contribution in [1.29, 1.82) is 0 Å². The van der Waals surface area contributed by atoms with Crippen molar-refractivity contribution in [2.24, 2.45) is 5.41 Å². The minimum atomic E-state index is -0.917. The molecule has 5 heteroatoms. The normalized spacial score (nSPS) is 15.6. The number of carboxylic acid groups (broad SMARTS) is 1. The van der Waals surface area contributed by atoms with Crippen LogP contribution in [0.4, 0.5) is 10.5 Å². The Morgan fingerprint density at radius 3 is 2.63 bits per heavy atom. The Labute approximate surface area is 112 Å². The molecule has 0 atom stereocenters. The van der Waals surface area contributed by atoms with E-state index in [1.54, 1.807) is 24.3 Å². The van der Waals surface area contributed by atoms with E-state index in [9.17, 15) is 9.59 Å². The Kier molecular flexibility index (Phi) is 3.74. The van der Waals surface area contributed by atoms with Gasteiger partial charge in [0, 0.05) is 12.2 Å². The van der Waals surface area contributed by atoms with Crippen molar-refractivity contribution >= 4 is 17.7 Å². The molecule has 0 radical (unpaired) electrons. The molecule has 1 saturated carbocycles. The van der Waals surface area contributed by atoms with E-state index >= 15 is 0 Å². The highest BCUT2D eigenvalue weighted by Crippen LogP contribution is 2.43. The summed E-state index contributed by atoms with van der Waals surface area (Å²) in [4.78, 5) is 22.5. The van der Waals surface area contributed by atoms with Crippen molar-refractivity contribution in [2.45, 2.75) is 26.2 Å². The molecule has 2 rings (SSSR count). The van der Waals surface area contributed by atoms with Crippen LogP contribution in [-0.2, 0) is 11.2 Å². The van der Waals surface area contributed by atoms with Crippen molar-refractivity contribution in [3.05, 3.63) is 29.8 Å². The summed E-state index contributed by atoms with van der Waals surface area (Å²) in [5.41, 5.74) is 1.39. The third-order valence-corrected chi connectivity index (χ3v) is 3.39. The average Bonchev–Trinajstić information content (AvgIpc) is 3.08. The molecule has 0 saturated heterocycles. The fourth-order valence-corrected chi connectivity index (χ4v) is 1.81. The van der Waals surface area contributed by atoms with Crippen LogP contribution in [0.1, 0.15) is 25.3 Å². The van der Waals surface area contributed by atoms with Gasteiger partial charge in [-0.05, 0) is 29.9 Å². The standard InChI is InChI=1S/C14H18N2O3/c1-14(6-7-14)9-15-13(19)16-11-5-3-2-4-10(11)8-12(17)18/h2-5H,6-9H2,1H3,(H,17,18)(H2,15,16,19). The molecule has 1 aliphatic rings. The van der Waals surface area contributed by atoms with Crippen LogP contribution in [0.3, 0.4) is 0 Å². The zero-order valence-electron chi connectivity index (χ0n) is 10.9. The third kappa shape index (κ3) is 3.98. The molecular weight excluding hydrogens is 244 g/mol. The van der Waals surface area contributed by atoms with Gasteiger partial charge in [0.05, 0.1) is 6.42 Å². The van der Waals surface area contributed by atoms with Crippen molar-refractivity contribution in [3.8, 4) is 0 Å². The number of carbonyl (C=O) groups is 2. The van der Waals surface area contributed by atoms with Crippen molar-refractivity contribution in [1.82, 2.24) is 5.32 Å². The number of benzene rings is 1. The zero-order chi connectivity index (χ0) is 13.9. The largest absolute Gasteiger partial charge is 0.481 e. The fourth-order valence-electron chi connectivity index (χ4n) is 1.81. The van der Waals surface area contributed by atoms with E-state index in [1.807, 2.05) is 0 Å². The van der Waals surface area contributed by atoms with Crippen LogP contribution in [0, 0.1) is 5.41 Å². The van der Waals surface area contributed by atoms with Gasteiger partial charge < -0.3 is 15.7 Å². The summed E-state index contributed by atoms with van der Waals surface area (Å²) in [6, 6.07) is 6.64. The molecule has 0 bridgehead atoms. The molecule has 0 unspecified atom stereocenters. The lowest BCUT2D eigenvalue weighted by molar-refractivity contribution is -0.136. The predicted octanol–water partition coefficient (Wildman–Crippen LogP) is 2.24. The summed E-state index contributed by atoms with van der Waals surface area (Å²) in [6.07, 6.45) is 2.18. The van der Waals surface area contributed by atoms with Gasteiger partial charge in [-0.1, -0.05) is 25.1 Å². The maximum Gasteiger partial charge on any atom is 0.319 e. The Balaban J connectivity index is 1.93. The molecule has 1 fully saturated rings. The van der Waals surface area contributed by atoms with Crippen molar-refractivity contribution in [3.63, 3.8) is 0 Å². The molecule has 3 N–H and O–H groups in total. The molecule has 2 amide bonds. The number of carboxylic acids is 1. The number of hydrogen-bond acceptors (Lipinski definition) is 2. The summed E-state index contributed by atoms with van der Waals surface area (Å²) < 4.78 is 0. The quantitative estimate of drug-likeness (QED) is 0.761. The predicted molar refractivity (Wildman–Crippen MR) is 72.1 cm³/mol. The number of para-hydroxylation sites is 1. The molecule has 0 spiro atoms. The van der Waals surface area contributed by atoms with Crippen molar-refractivity contribution in [2.75, 3.05) is 11.9 Å². The maximum atomic E-state index is 11.8. The van der Waals surface area contributed by atoms with Gasteiger partial charge in [0.1, 0.15) is 0 Å². The highest BCUT2D eigenvalue weighted by molar-refractivity contribution is 5.91. The number of anilines is 1. The van der Waals surface area contributed by atoms with Crippen LogP contribution >= 0.6 is 0 Å². The Bertz CT molecular complexity index is 495. The summed E-state index contributed by atoms with van der Waals surface area (Å²) in [6.45, 7) is 2.78. The minimum absolute atomic E-state index is 0.103. The Morgan fingerprint density at radius 1 is 1.32 bits per heavy atom. The first kappa shape index (κ1) is 13.4. The molecule has 0 aliphatic heterocycles. The first-order chi connectivity index (χ1) is 8.98. The molecule has 0 aromatic heterocycles. The van der Waals surface area contributed by atoms with Crippen LogP contribution in [-0.4, -0.2) is 23.7 Å². The van der Waals surface area contributed by atoms with Gasteiger partial charge >= 0.3 is 12.0 Å². The monoisotopic (exact) mass is 262 g/mol. The van der Waals surface area contributed by atoms with Gasteiger partial charge in [0.15, 0.2) is 0 Å². The topological polar surface area (TPSA) is 78.4 Å². The van der Waals surface area contributed by atoms with Gasteiger partial charge in [0.25, 0.3) is 0 Å². The van der Waals surface area contributed by atoms with E-state index in [1.165, 1.54) is 0 Å². The van der Waals surface area contributed by atoms with Crippen LogP contribution in [0.25, 0.3) is 0 Å². The molecule has 1 aliphatic carbocycles. The highest BCUT2D eigenvalue weighted by atomic mass is 16.4. The van der Waals surface area contributed by atoms with Crippen LogP contribution < -0.4 is 10.6 Å². The summed E-state index contributed by atoms with van der Waals surface area (Å²) in [5, 5.41) is 14.3. The minimum Gasteiger partial charge on any atom is -0.481 e. The Hall–Kier alpha value is -2.04. The lowest BCUT2D eigenvalue weighted by Crippen LogP contribution is -2.33. The smallest absolute Gasteiger partial charge is 0.319 e. The zero-order valence-corrected chi connectivity index (χ0v) is 10.9. The lowest BCUT2D eigenvalue weighted by Gasteiger charge is -2.13. The maximum absolute atomic E-state index is 11.8. The number of carbonyl (C=O) groups excluding carboxylic acids is 1. The van der Waals surface area contributed by atoms with Crippen molar-refractivity contribution < 1.29 is 14.7 Å².